The highest BCUT2D eigenvalue weighted by Crippen LogP contribution is 2.21. The van der Waals surface area contributed by atoms with E-state index in [9.17, 15) is 18.0 Å². The summed E-state index contributed by atoms with van der Waals surface area (Å²) in [7, 11) is -3.09. The number of carboxylic acid groups (broad SMARTS) is 1. The average molecular weight is 277 g/mol. The molecule has 0 saturated carbocycles. The summed E-state index contributed by atoms with van der Waals surface area (Å²) in [5.74, 6) is -2.41. The van der Waals surface area contributed by atoms with Gasteiger partial charge in [-0.1, -0.05) is 6.92 Å². The first-order chi connectivity index (χ1) is 8.26. The molecule has 2 unspecified atom stereocenters. The lowest BCUT2D eigenvalue weighted by Gasteiger charge is -2.25. The van der Waals surface area contributed by atoms with Crippen molar-refractivity contribution in [3.63, 3.8) is 0 Å². The molecule has 6 nitrogen and oxygen atoms in total. The van der Waals surface area contributed by atoms with Crippen molar-refractivity contribution in [2.24, 2.45) is 11.8 Å². The molecule has 1 fully saturated rings. The number of nitrogens with zero attached hydrogens (tertiary/aromatic N) is 1. The van der Waals surface area contributed by atoms with Gasteiger partial charge >= 0.3 is 5.97 Å². The number of rotatable bonds is 5. The molecule has 0 radical (unpaired) electrons. The lowest BCUT2D eigenvalue weighted by atomic mass is 10.1. The topological polar surface area (TPSA) is 91.8 Å². The summed E-state index contributed by atoms with van der Waals surface area (Å²) in [6.07, 6.45) is 0.346. The van der Waals surface area contributed by atoms with Crippen molar-refractivity contribution in [3.8, 4) is 0 Å². The van der Waals surface area contributed by atoms with Gasteiger partial charge in [-0.25, -0.2) is 8.42 Å². The fourth-order valence-electron chi connectivity index (χ4n) is 2.03. The second kappa shape index (κ2) is 5.69. The van der Waals surface area contributed by atoms with Crippen LogP contribution in [-0.4, -0.2) is 54.9 Å². The van der Waals surface area contributed by atoms with Crippen LogP contribution in [0.1, 0.15) is 20.3 Å². The van der Waals surface area contributed by atoms with Crippen molar-refractivity contribution >= 4 is 21.7 Å². The predicted octanol–water partition coefficient (Wildman–Crippen LogP) is -0.00970. The number of carbonyl (C=O) groups excluding carboxylic acids is 1. The van der Waals surface area contributed by atoms with Crippen LogP contribution in [0.5, 0.6) is 0 Å². The van der Waals surface area contributed by atoms with Gasteiger partial charge in [0.25, 0.3) is 0 Å². The maximum atomic E-state index is 12.1. The highest BCUT2D eigenvalue weighted by Gasteiger charge is 2.35. The number of amides is 1. The lowest BCUT2D eigenvalue weighted by molar-refractivity contribution is -0.143. The zero-order valence-corrected chi connectivity index (χ0v) is 11.4. The van der Waals surface area contributed by atoms with Crippen LogP contribution in [0.4, 0.5) is 0 Å². The molecule has 1 N–H and O–H groups in total. The van der Waals surface area contributed by atoms with E-state index in [1.807, 2.05) is 0 Å². The summed E-state index contributed by atoms with van der Waals surface area (Å²) in [6.45, 7) is 3.81. The monoisotopic (exact) mass is 277 g/mol. The highest BCUT2D eigenvalue weighted by molar-refractivity contribution is 7.91. The summed E-state index contributed by atoms with van der Waals surface area (Å²) in [4.78, 5) is 24.3. The second-order valence-corrected chi connectivity index (χ2v) is 6.94. The molecule has 0 aromatic carbocycles. The van der Waals surface area contributed by atoms with E-state index in [0.29, 0.717) is 13.0 Å². The molecule has 1 rings (SSSR count). The Morgan fingerprint density at radius 3 is 2.44 bits per heavy atom. The van der Waals surface area contributed by atoms with Crippen LogP contribution in [0.3, 0.4) is 0 Å². The van der Waals surface area contributed by atoms with Crippen molar-refractivity contribution in [2.45, 2.75) is 20.3 Å². The van der Waals surface area contributed by atoms with Gasteiger partial charge in [-0.2, -0.15) is 0 Å². The Labute approximate surface area is 107 Å². The van der Waals surface area contributed by atoms with Crippen molar-refractivity contribution in [3.05, 3.63) is 0 Å². The first kappa shape index (κ1) is 14.9. The minimum atomic E-state index is -3.09. The third kappa shape index (κ3) is 3.69. The number of aliphatic carboxylic acids is 1. The van der Waals surface area contributed by atoms with Gasteiger partial charge < -0.3 is 10.0 Å². The van der Waals surface area contributed by atoms with Crippen LogP contribution < -0.4 is 0 Å². The smallest absolute Gasteiger partial charge is 0.308 e. The second-order valence-electron chi connectivity index (χ2n) is 4.72. The summed E-state index contributed by atoms with van der Waals surface area (Å²) in [6, 6.07) is 0. The molecule has 1 heterocycles. The third-order valence-electron chi connectivity index (χ3n) is 3.19. The fraction of sp³-hybridized carbons (Fsp3) is 0.818. The SMILES string of the molecule is CCN(CC(C)C(=O)O)C(=O)C1CCS(=O)(=O)C1. The molecule has 7 heteroatoms. The normalized spacial score (nSPS) is 23.6. The van der Waals surface area contributed by atoms with Crippen LogP contribution in [0.2, 0.25) is 0 Å². The van der Waals surface area contributed by atoms with E-state index >= 15 is 0 Å². The van der Waals surface area contributed by atoms with Crippen LogP contribution in [0.25, 0.3) is 0 Å². The van der Waals surface area contributed by atoms with Gasteiger partial charge in [0.05, 0.1) is 23.3 Å². The largest absolute Gasteiger partial charge is 0.481 e. The van der Waals surface area contributed by atoms with E-state index in [1.165, 1.54) is 11.8 Å². The highest BCUT2D eigenvalue weighted by atomic mass is 32.2. The first-order valence-corrected chi connectivity index (χ1v) is 7.81. The number of carbonyl (C=O) groups is 2. The zero-order valence-electron chi connectivity index (χ0n) is 10.6. The Kier molecular flexibility index (Phi) is 4.72. The molecule has 1 amide bonds. The minimum Gasteiger partial charge on any atom is -0.481 e. The van der Waals surface area contributed by atoms with Crippen molar-refractivity contribution in [1.29, 1.82) is 0 Å². The molecular weight excluding hydrogens is 258 g/mol. The van der Waals surface area contributed by atoms with E-state index in [1.54, 1.807) is 6.92 Å². The first-order valence-electron chi connectivity index (χ1n) is 5.99. The Morgan fingerprint density at radius 2 is 2.06 bits per heavy atom. The summed E-state index contributed by atoms with van der Waals surface area (Å²) >= 11 is 0. The molecule has 18 heavy (non-hydrogen) atoms. The molecular formula is C11H19NO5S. The minimum absolute atomic E-state index is 0.0510. The van der Waals surface area contributed by atoms with Gasteiger partial charge in [0.2, 0.25) is 5.91 Å². The molecule has 104 valence electrons. The van der Waals surface area contributed by atoms with Gasteiger partial charge in [-0.05, 0) is 13.3 Å². The lowest BCUT2D eigenvalue weighted by Crippen LogP contribution is -2.40. The van der Waals surface area contributed by atoms with Crippen LogP contribution in [-0.2, 0) is 19.4 Å². The summed E-state index contributed by atoms with van der Waals surface area (Å²) < 4.78 is 22.6. The van der Waals surface area contributed by atoms with E-state index in [0.717, 1.165) is 0 Å². The molecule has 0 bridgehead atoms. The summed E-state index contributed by atoms with van der Waals surface area (Å²) in [5.41, 5.74) is 0. The maximum absolute atomic E-state index is 12.1. The number of hydrogen-bond acceptors (Lipinski definition) is 4. The Hall–Kier alpha value is -1.11. The quantitative estimate of drug-likeness (QED) is 0.763. The number of hydrogen-bond donors (Lipinski definition) is 1. The van der Waals surface area contributed by atoms with E-state index in [-0.39, 0.29) is 24.0 Å². The van der Waals surface area contributed by atoms with Crippen molar-refractivity contribution in [1.82, 2.24) is 4.90 Å². The Bertz CT molecular complexity index is 431. The molecule has 0 aliphatic carbocycles. The number of sulfone groups is 1. The van der Waals surface area contributed by atoms with E-state index in [4.69, 9.17) is 5.11 Å². The van der Waals surface area contributed by atoms with Gasteiger partial charge in [0.1, 0.15) is 0 Å². The predicted molar refractivity (Wildman–Crippen MR) is 65.8 cm³/mol. The molecule has 2 atom stereocenters. The molecule has 1 aliphatic heterocycles. The Balaban J connectivity index is 2.66. The van der Waals surface area contributed by atoms with Gasteiger partial charge in [-0.3, -0.25) is 9.59 Å². The van der Waals surface area contributed by atoms with Gasteiger partial charge in [0.15, 0.2) is 9.84 Å². The molecule has 0 aromatic heterocycles. The maximum Gasteiger partial charge on any atom is 0.308 e. The molecule has 1 aliphatic rings. The fourth-order valence-corrected chi connectivity index (χ4v) is 3.76. The average Bonchev–Trinajstić information content (AvgIpc) is 2.65. The summed E-state index contributed by atoms with van der Waals surface area (Å²) in [5, 5.41) is 8.82. The van der Waals surface area contributed by atoms with Crippen molar-refractivity contribution in [2.75, 3.05) is 24.6 Å². The molecule has 1 saturated heterocycles. The van der Waals surface area contributed by atoms with Crippen LogP contribution in [0, 0.1) is 11.8 Å². The van der Waals surface area contributed by atoms with Crippen LogP contribution >= 0.6 is 0 Å². The van der Waals surface area contributed by atoms with E-state index < -0.39 is 27.6 Å². The Morgan fingerprint density at radius 1 is 1.44 bits per heavy atom. The molecule has 0 spiro atoms. The van der Waals surface area contributed by atoms with Gasteiger partial charge in [0, 0.05) is 13.1 Å². The third-order valence-corrected chi connectivity index (χ3v) is 4.96. The van der Waals surface area contributed by atoms with Gasteiger partial charge in [-0.15, -0.1) is 0 Å². The zero-order chi connectivity index (χ0) is 13.9. The standard InChI is InChI=1S/C11H19NO5S/c1-3-12(6-8(2)11(14)15)10(13)9-4-5-18(16,17)7-9/h8-9H,3-7H2,1-2H3,(H,14,15). The van der Waals surface area contributed by atoms with E-state index in [2.05, 4.69) is 0 Å². The molecule has 0 aromatic rings. The number of carboxylic acids is 1. The van der Waals surface area contributed by atoms with Crippen LogP contribution in [0.15, 0.2) is 0 Å². The van der Waals surface area contributed by atoms with Crippen molar-refractivity contribution < 1.29 is 23.1 Å².